The van der Waals surface area contributed by atoms with Crippen LogP contribution in [0.15, 0.2) is 0 Å². The first kappa shape index (κ1) is 13.4. The molecule has 1 unspecified atom stereocenters. The highest BCUT2D eigenvalue weighted by Gasteiger charge is 2.26. The van der Waals surface area contributed by atoms with Crippen LogP contribution in [-0.2, 0) is 6.42 Å². The van der Waals surface area contributed by atoms with Crippen LogP contribution < -0.4 is 10.2 Å². The number of anilines is 1. The zero-order valence-electron chi connectivity index (χ0n) is 12.0. The number of hydrogen-bond acceptors (Lipinski definition) is 4. The van der Waals surface area contributed by atoms with Crippen molar-refractivity contribution in [3.63, 3.8) is 0 Å². The molecule has 0 spiro atoms. The second-order valence-electron chi connectivity index (χ2n) is 5.79. The zero-order chi connectivity index (χ0) is 13.1. The monoisotopic (exact) mass is 279 g/mol. The average Bonchev–Trinajstić information content (AvgIpc) is 3.08. The molecule has 1 N–H and O–H groups in total. The maximum absolute atomic E-state index is 5.00. The third kappa shape index (κ3) is 2.95. The van der Waals surface area contributed by atoms with Crippen molar-refractivity contribution in [2.45, 2.75) is 51.4 Å². The van der Waals surface area contributed by atoms with Gasteiger partial charge in [0.25, 0.3) is 0 Å². The van der Waals surface area contributed by atoms with Crippen LogP contribution in [0.2, 0.25) is 0 Å². The Labute approximate surface area is 120 Å². The van der Waals surface area contributed by atoms with Gasteiger partial charge in [0, 0.05) is 30.4 Å². The van der Waals surface area contributed by atoms with E-state index in [0.29, 0.717) is 5.92 Å². The fourth-order valence-corrected chi connectivity index (χ4v) is 4.43. The van der Waals surface area contributed by atoms with Crippen molar-refractivity contribution >= 4 is 16.5 Å². The molecule has 0 saturated carbocycles. The highest BCUT2D eigenvalue weighted by Crippen LogP contribution is 2.38. The van der Waals surface area contributed by atoms with E-state index in [1.165, 1.54) is 62.4 Å². The standard InChI is InChI=1S/C15H25N3S/c1-2-8-16-11-12-6-5-7-13-14(12)17-15(19-13)18-9-3-4-10-18/h12,16H,2-11H2,1H3. The van der Waals surface area contributed by atoms with Crippen LogP contribution in [-0.4, -0.2) is 31.2 Å². The predicted octanol–water partition coefficient (Wildman–Crippen LogP) is 3.16. The number of nitrogens with one attached hydrogen (secondary N) is 1. The van der Waals surface area contributed by atoms with Gasteiger partial charge in [-0.15, -0.1) is 11.3 Å². The number of thiazole rings is 1. The van der Waals surface area contributed by atoms with Gasteiger partial charge in [-0.25, -0.2) is 4.98 Å². The smallest absolute Gasteiger partial charge is 0.185 e. The number of hydrogen-bond donors (Lipinski definition) is 1. The lowest BCUT2D eigenvalue weighted by molar-refractivity contribution is 0.501. The Morgan fingerprint density at radius 3 is 2.95 bits per heavy atom. The molecule has 1 aromatic rings. The Hall–Kier alpha value is -0.610. The minimum absolute atomic E-state index is 0.655. The molecule has 1 aliphatic carbocycles. The molecule has 0 bridgehead atoms. The van der Waals surface area contributed by atoms with Crippen molar-refractivity contribution < 1.29 is 0 Å². The normalized spacial score (nSPS) is 22.8. The molecular formula is C15H25N3S. The Balaban J connectivity index is 1.71. The van der Waals surface area contributed by atoms with E-state index in [9.17, 15) is 0 Å². The second kappa shape index (κ2) is 6.23. The van der Waals surface area contributed by atoms with E-state index in [-0.39, 0.29) is 0 Å². The summed E-state index contributed by atoms with van der Waals surface area (Å²) in [5, 5.41) is 4.87. The van der Waals surface area contributed by atoms with E-state index in [2.05, 4.69) is 17.1 Å². The quantitative estimate of drug-likeness (QED) is 0.839. The molecule has 1 atom stereocenters. The third-order valence-corrected chi connectivity index (χ3v) is 5.45. The first-order chi connectivity index (χ1) is 9.38. The van der Waals surface area contributed by atoms with E-state index in [1.54, 1.807) is 4.88 Å². The van der Waals surface area contributed by atoms with Crippen molar-refractivity contribution in [2.75, 3.05) is 31.1 Å². The van der Waals surface area contributed by atoms with Gasteiger partial charge in [-0.3, -0.25) is 0 Å². The van der Waals surface area contributed by atoms with Crippen molar-refractivity contribution in [3.05, 3.63) is 10.6 Å². The van der Waals surface area contributed by atoms with Crippen molar-refractivity contribution in [1.29, 1.82) is 0 Å². The number of aryl methyl sites for hydroxylation is 1. The van der Waals surface area contributed by atoms with Crippen molar-refractivity contribution in [3.8, 4) is 0 Å². The molecule has 3 rings (SSSR count). The van der Waals surface area contributed by atoms with Crippen LogP contribution in [0.25, 0.3) is 0 Å². The van der Waals surface area contributed by atoms with Gasteiger partial charge in [-0.1, -0.05) is 6.92 Å². The predicted molar refractivity (Wildman–Crippen MR) is 82.4 cm³/mol. The second-order valence-corrected chi connectivity index (χ2v) is 6.85. The molecule has 4 heteroatoms. The van der Waals surface area contributed by atoms with E-state index >= 15 is 0 Å². The average molecular weight is 279 g/mol. The molecule has 3 nitrogen and oxygen atoms in total. The summed E-state index contributed by atoms with van der Waals surface area (Å²) in [4.78, 5) is 9.05. The van der Waals surface area contributed by atoms with Gasteiger partial charge in [0.2, 0.25) is 0 Å². The van der Waals surface area contributed by atoms with Gasteiger partial charge >= 0.3 is 0 Å². The summed E-state index contributed by atoms with van der Waals surface area (Å²) in [7, 11) is 0. The minimum Gasteiger partial charge on any atom is -0.348 e. The first-order valence-corrected chi connectivity index (χ1v) is 8.65. The molecule has 1 fully saturated rings. The highest BCUT2D eigenvalue weighted by atomic mass is 32.1. The number of aromatic nitrogens is 1. The molecular weight excluding hydrogens is 254 g/mol. The van der Waals surface area contributed by atoms with Gasteiger partial charge in [0.15, 0.2) is 5.13 Å². The van der Waals surface area contributed by atoms with E-state index in [4.69, 9.17) is 4.98 Å². The summed E-state index contributed by atoms with van der Waals surface area (Å²) in [6.07, 6.45) is 7.80. The third-order valence-electron chi connectivity index (χ3n) is 4.25. The van der Waals surface area contributed by atoms with Gasteiger partial charge in [-0.05, 0) is 45.1 Å². The molecule has 19 heavy (non-hydrogen) atoms. The lowest BCUT2D eigenvalue weighted by Gasteiger charge is -2.21. The molecule has 1 aliphatic heterocycles. The Morgan fingerprint density at radius 2 is 2.16 bits per heavy atom. The lowest BCUT2D eigenvalue weighted by Crippen LogP contribution is -2.25. The summed E-state index contributed by atoms with van der Waals surface area (Å²) in [6, 6.07) is 0. The number of nitrogens with zero attached hydrogens (tertiary/aromatic N) is 2. The largest absolute Gasteiger partial charge is 0.348 e. The maximum atomic E-state index is 5.00. The van der Waals surface area contributed by atoms with Gasteiger partial charge in [-0.2, -0.15) is 0 Å². The number of rotatable bonds is 5. The topological polar surface area (TPSA) is 28.2 Å². The van der Waals surface area contributed by atoms with Crippen LogP contribution in [0.4, 0.5) is 5.13 Å². The number of fused-ring (bicyclic) bond motifs is 1. The van der Waals surface area contributed by atoms with Crippen LogP contribution in [0, 0.1) is 0 Å². The molecule has 2 heterocycles. The molecule has 1 aromatic heterocycles. The SMILES string of the molecule is CCCNCC1CCCc2sc(N3CCCC3)nc21. The summed E-state index contributed by atoms with van der Waals surface area (Å²) in [6.45, 7) is 6.91. The van der Waals surface area contributed by atoms with E-state index in [1.807, 2.05) is 11.3 Å². The van der Waals surface area contributed by atoms with Crippen LogP contribution >= 0.6 is 11.3 Å². The van der Waals surface area contributed by atoms with Gasteiger partial charge < -0.3 is 10.2 Å². The Morgan fingerprint density at radius 1 is 1.32 bits per heavy atom. The van der Waals surface area contributed by atoms with Crippen LogP contribution in [0.3, 0.4) is 0 Å². The summed E-state index contributed by atoms with van der Waals surface area (Å²) in [5.74, 6) is 0.655. The summed E-state index contributed by atoms with van der Waals surface area (Å²) < 4.78 is 0. The van der Waals surface area contributed by atoms with Crippen LogP contribution in [0.5, 0.6) is 0 Å². The zero-order valence-corrected chi connectivity index (χ0v) is 12.8. The van der Waals surface area contributed by atoms with Gasteiger partial charge in [0.1, 0.15) is 0 Å². The van der Waals surface area contributed by atoms with Gasteiger partial charge in [0.05, 0.1) is 5.69 Å². The molecule has 2 aliphatic rings. The molecule has 0 radical (unpaired) electrons. The molecule has 106 valence electrons. The summed E-state index contributed by atoms with van der Waals surface area (Å²) >= 11 is 1.96. The van der Waals surface area contributed by atoms with E-state index < -0.39 is 0 Å². The summed E-state index contributed by atoms with van der Waals surface area (Å²) in [5.41, 5.74) is 1.42. The van der Waals surface area contributed by atoms with E-state index in [0.717, 1.165) is 13.1 Å². The molecule has 0 amide bonds. The maximum Gasteiger partial charge on any atom is 0.185 e. The Bertz CT molecular complexity index is 410. The Kier molecular flexibility index (Phi) is 4.38. The molecule has 1 saturated heterocycles. The fourth-order valence-electron chi connectivity index (χ4n) is 3.19. The fraction of sp³-hybridized carbons (Fsp3) is 0.800. The first-order valence-electron chi connectivity index (χ1n) is 7.83. The lowest BCUT2D eigenvalue weighted by atomic mass is 9.91. The van der Waals surface area contributed by atoms with Crippen LogP contribution in [0.1, 0.15) is 55.5 Å². The minimum atomic E-state index is 0.655. The van der Waals surface area contributed by atoms with Crippen molar-refractivity contribution in [1.82, 2.24) is 10.3 Å². The molecule has 0 aromatic carbocycles. The highest BCUT2D eigenvalue weighted by molar-refractivity contribution is 7.15. The van der Waals surface area contributed by atoms with Crippen molar-refractivity contribution in [2.24, 2.45) is 0 Å².